The maximum atomic E-state index is 12.9. The normalized spacial score (nSPS) is 17.4. The minimum Gasteiger partial charge on any atom is -0.352 e. The molecule has 4 heteroatoms. The number of nitrogens with one attached hydrogen (secondary N) is 1. The van der Waals surface area contributed by atoms with E-state index in [1.165, 1.54) is 5.56 Å². The molecular formula is C23H28N2O2. The molecule has 2 aromatic carbocycles. The number of rotatable bonds is 6. The van der Waals surface area contributed by atoms with E-state index in [-0.39, 0.29) is 24.2 Å². The highest BCUT2D eigenvalue weighted by Gasteiger charge is 2.28. The quantitative estimate of drug-likeness (QED) is 0.847. The van der Waals surface area contributed by atoms with Gasteiger partial charge in [0.15, 0.2) is 0 Å². The van der Waals surface area contributed by atoms with Crippen LogP contribution in [0.1, 0.15) is 42.4 Å². The van der Waals surface area contributed by atoms with E-state index >= 15 is 0 Å². The highest BCUT2D eigenvalue weighted by molar-refractivity contribution is 5.86. The summed E-state index contributed by atoms with van der Waals surface area (Å²) in [5.41, 5.74) is 3.41. The van der Waals surface area contributed by atoms with E-state index in [0.29, 0.717) is 13.1 Å². The molecule has 27 heavy (non-hydrogen) atoms. The van der Waals surface area contributed by atoms with Crippen LogP contribution in [0.2, 0.25) is 0 Å². The lowest BCUT2D eigenvalue weighted by Gasteiger charge is -2.24. The predicted molar refractivity (Wildman–Crippen MR) is 107 cm³/mol. The second-order valence-electron chi connectivity index (χ2n) is 7.40. The van der Waals surface area contributed by atoms with Crippen molar-refractivity contribution in [3.8, 4) is 0 Å². The Labute approximate surface area is 161 Å². The third kappa shape index (κ3) is 5.68. The molecule has 0 bridgehead atoms. The van der Waals surface area contributed by atoms with Crippen LogP contribution >= 0.6 is 0 Å². The molecule has 1 fully saturated rings. The molecule has 1 N–H and O–H groups in total. The fourth-order valence-electron chi connectivity index (χ4n) is 3.54. The van der Waals surface area contributed by atoms with Crippen molar-refractivity contribution < 1.29 is 9.59 Å². The van der Waals surface area contributed by atoms with Crippen molar-refractivity contribution in [3.63, 3.8) is 0 Å². The zero-order valence-electron chi connectivity index (χ0n) is 16.0. The number of hydrogen-bond acceptors (Lipinski definition) is 2. The van der Waals surface area contributed by atoms with Crippen LogP contribution in [0, 0.1) is 12.8 Å². The van der Waals surface area contributed by atoms with E-state index in [1.807, 2.05) is 66.4 Å². The standard InChI is InChI=1S/C23H28N2O2/c1-18-10-12-19(13-11-18)16-24-22(26)15-21-9-5-6-14-25(23(21)27)17-20-7-3-2-4-8-20/h2-4,7-8,10-13,21H,5-6,9,14-17H2,1H3,(H,24,26). The van der Waals surface area contributed by atoms with Crippen LogP contribution in [0.3, 0.4) is 0 Å². The van der Waals surface area contributed by atoms with Gasteiger partial charge in [-0.1, -0.05) is 66.6 Å². The first-order valence-electron chi connectivity index (χ1n) is 9.77. The van der Waals surface area contributed by atoms with Gasteiger partial charge in [0, 0.05) is 32.0 Å². The smallest absolute Gasteiger partial charge is 0.226 e. The first-order chi connectivity index (χ1) is 13.1. The molecule has 0 radical (unpaired) electrons. The monoisotopic (exact) mass is 364 g/mol. The van der Waals surface area contributed by atoms with E-state index in [1.54, 1.807) is 0 Å². The first-order valence-corrected chi connectivity index (χ1v) is 9.77. The highest BCUT2D eigenvalue weighted by Crippen LogP contribution is 2.22. The maximum Gasteiger partial charge on any atom is 0.226 e. The average molecular weight is 364 g/mol. The SMILES string of the molecule is Cc1ccc(CNC(=O)CC2CCCCN(Cc3ccccc3)C2=O)cc1. The Balaban J connectivity index is 1.55. The van der Waals surface area contributed by atoms with Gasteiger partial charge in [0.05, 0.1) is 0 Å². The van der Waals surface area contributed by atoms with Gasteiger partial charge in [0.25, 0.3) is 0 Å². The number of carbonyl (C=O) groups excluding carboxylic acids is 2. The molecular weight excluding hydrogens is 336 g/mol. The number of amides is 2. The Kier molecular flexibility index (Phi) is 6.64. The number of benzene rings is 2. The van der Waals surface area contributed by atoms with Crippen LogP contribution < -0.4 is 5.32 Å². The lowest BCUT2D eigenvalue weighted by molar-refractivity contribution is -0.138. The maximum absolute atomic E-state index is 12.9. The molecule has 1 aliphatic heterocycles. The molecule has 1 saturated heterocycles. The average Bonchev–Trinajstić information content (AvgIpc) is 2.84. The van der Waals surface area contributed by atoms with Gasteiger partial charge >= 0.3 is 0 Å². The van der Waals surface area contributed by atoms with Gasteiger partial charge in [0.1, 0.15) is 0 Å². The van der Waals surface area contributed by atoms with E-state index < -0.39 is 0 Å². The molecule has 3 rings (SSSR count). The second kappa shape index (κ2) is 9.36. The number of nitrogens with zero attached hydrogens (tertiary/aromatic N) is 1. The number of likely N-dealkylation sites (tertiary alicyclic amines) is 1. The Morgan fingerprint density at radius 3 is 2.52 bits per heavy atom. The van der Waals surface area contributed by atoms with Crippen LogP contribution in [-0.2, 0) is 22.7 Å². The zero-order chi connectivity index (χ0) is 19.1. The summed E-state index contributed by atoms with van der Waals surface area (Å²) in [6, 6.07) is 18.2. The van der Waals surface area contributed by atoms with Crippen LogP contribution in [0.5, 0.6) is 0 Å². The van der Waals surface area contributed by atoms with Crippen molar-refractivity contribution in [2.24, 2.45) is 5.92 Å². The van der Waals surface area contributed by atoms with E-state index in [0.717, 1.165) is 36.9 Å². The largest absolute Gasteiger partial charge is 0.352 e. The highest BCUT2D eigenvalue weighted by atomic mass is 16.2. The van der Waals surface area contributed by atoms with E-state index in [4.69, 9.17) is 0 Å². The van der Waals surface area contributed by atoms with Crippen LogP contribution in [0.25, 0.3) is 0 Å². The van der Waals surface area contributed by atoms with Crippen molar-refractivity contribution in [3.05, 3.63) is 71.3 Å². The minimum atomic E-state index is -0.214. The van der Waals surface area contributed by atoms with Gasteiger partial charge < -0.3 is 10.2 Å². The summed E-state index contributed by atoms with van der Waals surface area (Å²) in [7, 11) is 0. The van der Waals surface area contributed by atoms with Crippen LogP contribution in [-0.4, -0.2) is 23.3 Å². The molecule has 142 valence electrons. The Morgan fingerprint density at radius 2 is 1.78 bits per heavy atom. The molecule has 0 spiro atoms. The van der Waals surface area contributed by atoms with Crippen molar-refractivity contribution in [2.45, 2.75) is 45.7 Å². The Bertz CT molecular complexity index is 756. The molecule has 4 nitrogen and oxygen atoms in total. The minimum absolute atomic E-state index is 0.0458. The molecule has 1 aliphatic rings. The molecule has 0 saturated carbocycles. The van der Waals surface area contributed by atoms with Gasteiger partial charge in [-0.05, 0) is 30.9 Å². The van der Waals surface area contributed by atoms with Crippen molar-refractivity contribution in [1.29, 1.82) is 0 Å². The topological polar surface area (TPSA) is 49.4 Å². The predicted octanol–water partition coefficient (Wildman–Crippen LogP) is 3.83. The van der Waals surface area contributed by atoms with E-state index in [9.17, 15) is 9.59 Å². The van der Waals surface area contributed by atoms with Gasteiger partial charge in [-0.2, -0.15) is 0 Å². The van der Waals surface area contributed by atoms with Gasteiger partial charge in [-0.25, -0.2) is 0 Å². The summed E-state index contributed by atoms with van der Waals surface area (Å²) < 4.78 is 0. The molecule has 2 amide bonds. The van der Waals surface area contributed by atoms with Crippen molar-refractivity contribution >= 4 is 11.8 Å². The molecule has 2 aromatic rings. The Morgan fingerprint density at radius 1 is 1.04 bits per heavy atom. The zero-order valence-corrected chi connectivity index (χ0v) is 16.0. The second-order valence-corrected chi connectivity index (χ2v) is 7.40. The van der Waals surface area contributed by atoms with E-state index in [2.05, 4.69) is 5.32 Å². The molecule has 1 atom stereocenters. The van der Waals surface area contributed by atoms with Gasteiger partial charge in [-0.15, -0.1) is 0 Å². The lowest BCUT2D eigenvalue weighted by Crippen LogP contribution is -2.37. The summed E-state index contributed by atoms with van der Waals surface area (Å²) in [4.78, 5) is 27.3. The first kappa shape index (κ1) is 19.2. The molecule has 0 aromatic heterocycles. The number of aryl methyl sites for hydroxylation is 1. The van der Waals surface area contributed by atoms with Crippen LogP contribution in [0.15, 0.2) is 54.6 Å². The third-order valence-corrected chi connectivity index (χ3v) is 5.15. The lowest BCUT2D eigenvalue weighted by atomic mass is 9.98. The summed E-state index contributed by atoms with van der Waals surface area (Å²) in [5.74, 6) is -0.147. The number of carbonyl (C=O) groups is 2. The van der Waals surface area contributed by atoms with Crippen molar-refractivity contribution in [2.75, 3.05) is 6.54 Å². The Hall–Kier alpha value is -2.62. The van der Waals surface area contributed by atoms with Gasteiger partial charge in [0.2, 0.25) is 11.8 Å². The molecule has 1 heterocycles. The third-order valence-electron chi connectivity index (χ3n) is 5.15. The van der Waals surface area contributed by atoms with Crippen molar-refractivity contribution in [1.82, 2.24) is 10.2 Å². The summed E-state index contributed by atoms with van der Waals surface area (Å²) in [6.07, 6.45) is 3.06. The fourth-order valence-corrected chi connectivity index (χ4v) is 3.54. The summed E-state index contributed by atoms with van der Waals surface area (Å²) in [6.45, 7) is 3.95. The molecule has 0 aliphatic carbocycles. The van der Waals surface area contributed by atoms with Crippen LogP contribution in [0.4, 0.5) is 0 Å². The summed E-state index contributed by atoms with van der Waals surface area (Å²) in [5, 5.41) is 2.96. The number of hydrogen-bond donors (Lipinski definition) is 1. The fraction of sp³-hybridized carbons (Fsp3) is 0.391. The summed E-state index contributed by atoms with van der Waals surface area (Å²) >= 11 is 0. The molecule has 1 unspecified atom stereocenters. The van der Waals surface area contributed by atoms with Gasteiger partial charge in [-0.3, -0.25) is 9.59 Å².